The van der Waals surface area contributed by atoms with Gasteiger partial charge in [0.2, 0.25) is 5.91 Å². The number of guanidine groups is 1. The third kappa shape index (κ3) is 5.03. The van der Waals surface area contributed by atoms with E-state index >= 15 is 0 Å². The fourth-order valence-electron chi connectivity index (χ4n) is 5.01. The first kappa shape index (κ1) is 20.0. The number of carbonyl (C=O) groups is 1. The summed E-state index contributed by atoms with van der Waals surface area (Å²) in [6, 6.07) is 11.0. The maximum Gasteiger partial charge on any atom is 0.225 e. The Kier molecular flexibility index (Phi) is 6.57. The zero-order chi connectivity index (χ0) is 20.1. The molecule has 6 nitrogen and oxygen atoms in total. The summed E-state index contributed by atoms with van der Waals surface area (Å²) in [6.45, 7) is 4.81. The molecule has 1 aromatic carbocycles. The average Bonchev–Trinajstić information content (AvgIpc) is 3.53. The molecular formula is C23H35N5O. The van der Waals surface area contributed by atoms with E-state index in [0.29, 0.717) is 17.9 Å². The molecule has 2 saturated heterocycles. The van der Waals surface area contributed by atoms with Gasteiger partial charge in [-0.25, -0.2) is 0 Å². The summed E-state index contributed by atoms with van der Waals surface area (Å²) in [4.78, 5) is 21.6. The van der Waals surface area contributed by atoms with Crippen molar-refractivity contribution in [2.24, 2.45) is 16.8 Å². The van der Waals surface area contributed by atoms with Gasteiger partial charge in [-0.05, 0) is 43.7 Å². The second-order valence-electron chi connectivity index (χ2n) is 8.78. The van der Waals surface area contributed by atoms with Gasteiger partial charge in [0.1, 0.15) is 0 Å². The Bertz CT molecular complexity index is 700. The number of nitrogens with one attached hydrogen (secondary N) is 2. The van der Waals surface area contributed by atoms with Gasteiger partial charge in [0, 0.05) is 57.4 Å². The fourth-order valence-corrected chi connectivity index (χ4v) is 5.01. The number of hydrogen-bond acceptors (Lipinski definition) is 3. The predicted octanol–water partition coefficient (Wildman–Crippen LogP) is 2.47. The van der Waals surface area contributed by atoms with Crippen LogP contribution in [0.1, 0.15) is 38.5 Å². The predicted molar refractivity (Wildman–Crippen MR) is 118 cm³/mol. The normalized spacial score (nSPS) is 25.6. The second-order valence-corrected chi connectivity index (χ2v) is 8.78. The van der Waals surface area contributed by atoms with E-state index in [1.165, 1.54) is 24.9 Å². The molecule has 2 N–H and O–H groups in total. The van der Waals surface area contributed by atoms with E-state index in [4.69, 9.17) is 0 Å². The minimum Gasteiger partial charge on any atom is -0.371 e. The molecule has 4 rings (SSSR count). The van der Waals surface area contributed by atoms with Gasteiger partial charge in [-0.3, -0.25) is 9.79 Å². The van der Waals surface area contributed by atoms with Crippen molar-refractivity contribution in [3.63, 3.8) is 0 Å². The van der Waals surface area contributed by atoms with Gasteiger partial charge < -0.3 is 20.4 Å². The first-order valence-electron chi connectivity index (χ1n) is 11.3. The molecule has 2 heterocycles. The molecule has 2 unspecified atom stereocenters. The number of anilines is 1. The lowest BCUT2D eigenvalue weighted by molar-refractivity contribution is -0.134. The van der Waals surface area contributed by atoms with E-state index in [9.17, 15) is 4.79 Å². The van der Waals surface area contributed by atoms with Gasteiger partial charge in [-0.1, -0.05) is 31.0 Å². The van der Waals surface area contributed by atoms with Crippen molar-refractivity contribution in [2.75, 3.05) is 44.7 Å². The van der Waals surface area contributed by atoms with Crippen molar-refractivity contribution in [1.29, 1.82) is 0 Å². The highest BCUT2D eigenvalue weighted by atomic mass is 16.2. The molecular weight excluding hydrogens is 362 g/mol. The molecule has 6 heteroatoms. The second kappa shape index (κ2) is 9.51. The summed E-state index contributed by atoms with van der Waals surface area (Å²) < 4.78 is 0. The summed E-state index contributed by atoms with van der Waals surface area (Å²) in [5, 5.41) is 7.06. The Morgan fingerprint density at radius 1 is 1.07 bits per heavy atom. The monoisotopic (exact) mass is 397 g/mol. The lowest BCUT2D eigenvalue weighted by Crippen LogP contribution is -2.46. The van der Waals surface area contributed by atoms with E-state index in [-0.39, 0.29) is 5.92 Å². The number of nitrogens with zero attached hydrogens (tertiary/aromatic N) is 3. The van der Waals surface area contributed by atoms with E-state index < -0.39 is 0 Å². The molecule has 29 heavy (non-hydrogen) atoms. The Hall–Kier alpha value is -2.24. The number of likely N-dealkylation sites (tertiary alicyclic amines) is 1. The van der Waals surface area contributed by atoms with Crippen LogP contribution in [-0.4, -0.2) is 62.6 Å². The molecule has 0 bridgehead atoms. The van der Waals surface area contributed by atoms with Crippen LogP contribution in [0.4, 0.5) is 5.69 Å². The maximum absolute atomic E-state index is 12.6. The minimum absolute atomic E-state index is 0.279. The van der Waals surface area contributed by atoms with Crippen LogP contribution in [0, 0.1) is 11.8 Å². The maximum atomic E-state index is 12.6. The van der Waals surface area contributed by atoms with Crippen LogP contribution in [0.5, 0.6) is 0 Å². The largest absolute Gasteiger partial charge is 0.371 e. The smallest absolute Gasteiger partial charge is 0.225 e. The first-order valence-corrected chi connectivity index (χ1v) is 11.3. The summed E-state index contributed by atoms with van der Waals surface area (Å²) in [6.07, 6.45) is 6.79. The first-order chi connectivity index (χ1) is 14.2. The minimum atomic E-state index is 0.279. The fraction of sp³-hybridized carbons (Fsp3) is 0.652. The van der Waals surface area contributed by atoms with Gasteiger partial charge in [-0.15, -0.1) is 0 Å². The molecule has 2 atom stereocenters. The van der Waals surface area contributed by atoms with E-state index in [1.54, 1.807) is 0 Å². The Labute approximate surface area is 174 Å². The lowest BCUT2D eigenvalue weighted by Gasteiger charge is -2.22. The Balaban J connectivity index is 1.20. The Morgan fingerprint density at radius 2 is 1.86 bits per heavy atom. The van der Waals surface area contributed by atoms with Crippen molar-refractivity contribution in [1.82, 2.24) is 15.5 Å². The van der Waals surface area contributed by atoms with Crippen LogP contribution < -0.4 is 15.5 Å². The highest BCUT2D eigenvalue weighted by Gasteiger charge is 2.32. The molecule has 3 fully saturated rings. The highest BCUT2D eigenvalue weighted by molar-refractivity contribution is 5.81. The standard InChI is InChI=1S/C23H35N5O/c1-24-23(25-15-18-11-13-27(16-18)21-9-3-2-4-10-21)26-20-12-14-28(17-20)22(29)19-7-5-6-8-19/h2-4,9-10,18-20H,5-8,11-17H2,1H3,(H2,24,25,26). The van der Waals surface area contributed by atoms with Crippen LogP contribution in [0.2, 0.25) is 0 Å². The number of benzene rings is 1. The number of hydrogen-bond donors (Lipinski definition) is 2. The molecule has 1 aliphatic carbocycles. The van der Waals surface area contributed by atoms with Gasteiger partial charge in [0.15, 0.2) is 5.96 Å². The molecule has 0 aromatic heterocycles. The molecule has 3 aliphatic rings. The van der Waals surface area contributed by atoms with Crippen molar-refractivity contribution in [3.05, 3.63) is 30.3 Å². The summed E-state index contributed by atoms with van der Waals surface area (Å²) in [5.41, 5.74) is 1.32. The zero-order valence-electron chi connectivity index (χ0n) is 17.6. The molecule has 0 spiro atoms. The van der Waals surface area contributed by atoms with Gasteiger partial charge in [0.25, 0.3) is 0 Å². The number of rotatable bonds is 5. The third-order valence-corrected chi connectivity index (χ3v) is 6.73. The number of para-hydroxylation sites is 1. The van der Waals surface area contributed by atoms with Crippen molar-refractivity contribution >= 4 is 17.6 Å². The van der Waals surface area contributed by atoms with Crippen molar-refractivity contribution in [2.45, 2.75) is 44.6 Å². The molecule has 1 aromatic rings. The molecule has 158 valence electrons. The molecule has 1 saturated carbocycles. The number of aliphatic imine (C=N–C) groups is 1. The number of carbonyl (C=O) groups excluding carboxylic acids is 1. The molecule has 0 radical (unpaired) electrons. The lowest BCUT2D eigenvalue weighted by atomic mass is 10.1. The van der Waals surface area contributed by atoms with Gasteiger partial charge >= 0.3 is 0 Å². The number of amides is 1. The molecule has 1 amide bonds. The van der Waals surface area contributed by atoms with E-state index in [0.717, 1.165) is 57.9 Å². The zero-order valence-corrected chi connectivity index (χ0v) is 17.6. The van der Waals surface area contributed by atoms with Crippen LogP contribution in [0.3, 0.4) is 0 Å². The molecule has 2 aliphatic heterocycles. The van der Waals surface area contributed by atoms with Crippen molar-refractivity contribution in [3.8, 4) is 0 Å². The summed E-state index contributed by atoms with van der Waals surface area (Å²) in [7, 11) is 1.83. The highest BCUT2D eigenvalue weighted by Crippen LogP contribution is 2.28. The van der Waals surface area contributed by atoms with E-state index in [1.807, 2.05) is 7.05 Å². The van der Waals surface area contributed by atoms with Gasteiger partial charge in [0.05, 0.1) is 0 Å². The average molecular weight is 398 g/mol. The topological polar surface area (TPSA) is 60.0 Å². The Morgan fingerprint density at radius 3 is 2.62 bits per heavy atom. The summed E-state index contributed by atoms with van der Waals surface area (Å²) >= 11 is 0. The van der Waals surface area contributed by atoms with Crippen LogP contribution in [0.25, 0.3) is 0 Å². The summed E-state index contributed by atoms with van der Waals surface area (Å²) in [5.74, 6) is 2.14. The van der Waals surface area contributed by atoms with Crippen LogP contribution >= 0.6 is 0 Å². The third-order valence-electron chi connectivity index (χ3n) is 6.73. The van der Waals surface area contributed by atoms with E-state index in [2.05, 4.69) is 55.8 Å². The SMILES string of the molecule is CN=C(NCC1CCN(c2ccccc2)C1)NC1CCN(C(=O)C2CCCC2)C1. The van der Waals surface area contributed by atoms with Crippen LogP contribution in [-0.2, 0) is 4.79 Å². The quantitative estimate of drug-likeness (QED) is 0.592. The van der Waals surface area contributed by atoms with Crippen molar-refractivity contribution < 1.29 is 4.79 Å². The van der Waals surface area contributed by atoms with Gasteiger partial charge in [-0.2, -0.15) is 0 Å². The van der Waals surface area contributed by atoms with Crippen LogP contribution in [0.15, 0.2) is 35.3 Å².